The molecule has 0 bridgehead atoms. The summed E-state index contributed by atoms with van der Waals surface area (Å²) < 4.78 is 1.66. The molecular weight excluding hydrogens is 350 g/mol. The molecule has 26 heavy (non-hydrogen) atoms. The van der Waals surface area contributed by atoms with Crippen molar-refractivity contribution in [1.82, 2.24) is 25.0 Å². The van der Waals surface area contributed by atoms with E-state index < -0.39 is 0 Å². The van der Waals surface area contributed by atoms with E-state index in [0.717, 1.165) is 23.1 Å². The summed E-state index contributed by atoms with van der Waals surface area (Å²) in [5.74, 6) is 0.106. The van der Waals surface area contributed by atoms with Gasteiger partial charge >= 0.3 is 0 Å². The Balaban J connectivity index is 1.83. The highest BCUT2D eigenvalue weighted by molar-refractivity contribution is 7.14. The average molecular weight is 365 g/mol. The Labute approximate surface area is 152 Å². The molecular formula is C17H15N7OS. The number of hydrogen-bond donors (Lipinski definition) is 2. The molecule has 4 rings (SSSR count). The van der Waals surface area contributed by atoms with Gasteiger partial charge in [0.05, 0.1) is 11.4 Å². The van der Waals surface area contributed by atoms with E-state index in [9.17, 15) is 4.79 Å². The van der Waals surface area contributed by atoms with Crippen LogP contribution in [0.1, 0.15) is 21.5 Å². The van der Waals surface area contributed by atoms with Crippen LogP contribution in [0.2, 0.25) is 0 Å². The van der Waals surface area contributed by atoms with Crippen LogP contribution < -0.4 is 11.5 Å². The summed E-state index contributed by atoms with van der Waals surface area (Å²) in [6.07, 6.45) is 0.789. The molecule has 3 heterocycles. The summed E-state index contributed by atoms with van der Waals surface area (Å²) >= 11 is 1.40. The normalized spacial score (nSPS) is 11.1. The van der Waals surface area contributed by atoms with Crippen LogP contribution in [-0.4, -0.2) is 31.2 Å². The van der Waals surface area contributed by atoms with Gasteiger partial charge in [-0.05, 0) is 35.6 Å². The molecule has 8 nitrogen and oxygen atoms in total. The number of carbonyl (C=O) groups excluding carboxylic acids is 1. The van der Waals surface area contributed by atoms with Gasteiger partial charge in [-0.3, -0.25) is 4.79 Å². The Kier molecular flexibility index (Phi) is 3.85. The quantitative estimate of drug-likeness (QED) is 0.420. The van der Waals surface area contributed by atoms with Crippen molar-refractivity contribution in [2.75, 3.05) is 11.5 Å². The van der Waals surface area contributed by atoms with Gasteiger partial charge in [0, 0.05) is 11.3 Å². The topological polar surface area (TPSA) is 126 Å². The Bertz CT molecular complexity index is 1130. The maximum absolute atomic E-state index is 11.3. The summed E-state index contributed by atoms with van der Waals surface area (Å²) in [6.45, 7) is 2.42. The maximum atomic E-state index is 11.3. The van der Waals surface area contributed by atoms with Gasteiger partial charge in [0.15, 0.2) is 17.5 Å². The molecule has 0 fully saturated rings. The molecule has 1 aromatic carbocycles. The fourth-order valence-corrected chi connectivity index (χ4v) is 3.61. The molecule has 0 atom stereocenters. The van der Waals surface area contributed by atoms with Crippen LogP contribution in [0.25, 0.3) is 21.7 Å². The van der Waals surface area contributed by atoms with Gasteiger partial charge in [-0.2, -0.15) is 4.98 Å². The predicted octanol–water partition coefficient (Wildman–Crippen LogP) is 2.28. The van der Waals surface area contributed by atoms with Gasteiger partial charge in [0.1, 0.15) is 5.69 Å². The Morgan fingerprint density at radius 2 is 2.08 bits per heavy atom. The van der Waals surface area contributed by atoms with Crippen LogP contribution >= 0.6 is 11.3 Å². The molecule has 130 valence electrons. The Hall–Kier alpha value is -3.33. The third kappa shape index (κ3) is 2.68. The van der Waals surface area contributed by atoms with Gasteiger partial charge in [-0.15, -0.1) is 16.4 Å². The van der Waals surface area contributed by atoms with Crippen molar-refractivity contribution in [3.63, 3.8) is 0 Å². The molecule has 0 aliphatic carbocycles. The van der Waals surface area contributed by atoms with E-state index in [1.807, 2.05) is 30.5 Å². The van der Waals surface area contributed by atoms with Crippen LogP contribution in [0.5, 0.6) is 0 Å². The van der Waals surface area contributed by atoms with Crippen molar-refractivity contribution in [2.24, 2.45) is 0 Å². The Morgan fingerprint density at radius 3 is 2.85 bits per heavy atom. The van der Waals surface area contributed by atoms with E-state index in [1.165, 1.54) is 11.3 Å². The first-order valence-corrected chi connectivity index (χ1v) is 8.69. The maximum Gasteiger partial charge on any atom is 0.222 e. The molecule has 4 N–H and O–H groups in total. The summed E-state index contributed by atoms with van der Waals surface area (Å²) in [7, 11) is 0. The first kappa shape index (κ1) is 16.2. The second kappa shape index (κ2) is 6.19. The molecule has 4 aromatic rings. The second-order valence-corrected chi connectivity index (χ2v) is 6.78. The summed E-state index contributed by atoms with van der Waals surface area (Å²) in [5.41, 5.74) is 16.6. The van der Waals surface area contributed by atoms with Gasteiger partial charge in [-0.25, -0.2) is 9.67 Å². The average Bonchev–Trinajstić information content (AvgIpc) is 3.25. The number of aryl methyl sites for hydroxylation is 1. The van der Waals surface area contributed by atoms with Crippen LogP contribution in [0.3, 0.4) is 0 Å². The van der Waals surface area contributed by atoms with E-state index in [0.29, 0.717) is 33.8 Å². The minimum atomic E-state index is 0.106. The molecule has 0 radical (unpaired) electrons. The van der Waals surface area contributed by atoms with E-state index in [2.05, 4.69) is 20.3 Å². The number of aromatic nitrogens is 5. The van der Waals surface area contributed by atoms with Crippen molar-refractivity contribution < 1.29 is 4.79 Å². The third-order valence-electron chi connectivity index (χ3n) is 4.08. The highest BCUT2D eigenvalue weighted by atomic mass is 32.1. The number of fused-ring (bicyclic) bond motifs is 1. The van der Waals surface area contributed by atoms with Crippen molar-refractivity contribution in [3.05, 3.63) is 46.3 Å². The number of carbonyl (C=O) groups is 1. The molecule has 0 amide bonds. The number of aldehydes is 1. The van der Waals surface area contributed by atoms with Crippen LogP contribution in [0.15, 0.2) is 29.6 Å². The number of rotatable bonds is 4. The van der Waals surface area contributed by atoms with E-state index in [1.54, 1.807) is 10.7 Å². The molecule has 0 saturated carbocycles. The van der Waals surface area contributed by atoms with Crippen LogP contribution in [0, 0.1) is 6.92 Å². The van der Waals surface area contributed by atoms with Gasteiger partial charge in [-0.1, -0.05) is 17.3 Å². The fraction of sp³-hybridized carbons (Fsp3) is 0.118. The lowest BCUT2D eigenvalue weighted by molar-refractivity contribution is 0.112. The minimum absolute atomic E-state index is 0.106. The minimum Gasteiger partial charge on any atom is -0.399 e. The van der Waals surface area contributed by atoms with Gasteiger partial charge in [0.25, 0.3) is 0 Å². The SMILES string of the molecule is Cc1cc(Cn2nnc3c(-c4sccc4C=O)nc(N)nc32)ccc1N. The molecule has 0 spiro atoms. The molecule has 9 heteroatoms. The lowest BCUT2D eigenvalue weighted by Gasteiger charge is -2.06. The monoisotopic (exact) mass is 365 g/mol. The number of nitrogens with zero attached hydrogens (tertiary/aromatic N) is 5. The molecule has 0 aliphatic rings. The first-order valence-electron chi connectivity index (χ1n) is 7.81. The second-order valence-electron chi connectivity index (χ2n) is 5.86. The number of hydrogen-bond acceptors (Lipinski definition) is 8. The molecule has 0 aliphatic heterocycles. The van der Waals surface area contributed by atoms with Crippen LogP contribution in [-0.2, 0) is 6.54 Å². The van der Waals surface area contributed by atoms with Crippen molar-refractivity contribution in [3.8, 4) is 10.6 Å². The summed E-state index contributed by atoms with van der Waals surface area (Å²) in [4.78, 5) is 20.6. The van der Waals surface area contributed by atoms with Crippen molar-refractivity contribution in [2.45, 2.75) is 13.5 Å². The fourth-order valence-electron chi connectivity index (χ4n) is 2.75. The molecule has 0 saturated heterocycles. The zero-order valence-electron chi connectivity index (χ0n) is 13.9. The summed E-state index contributed by atoms with van der Waals surface area (Å²) in [5, 5.41) is 10.3. The number of anilines is 2. The van der Waals surface area contributed by atoms with Gasteiger partial charge in [0.2, 0.25) is 5.95 Å². The standard InChI is InChI=1S/C17H15N7OS/c1-9-6-10(2-3-12(9)18)7-24-16-14(22-23-24)13(20-17(19)21-16)15-11(8-25)4-5-26-15/h2-6,8H,7,18H2,1H3,(H2,19,20,21). The first-order chi connectivity index (χ1) is 12.6. The predicted molar refractivity (Wildman–Crippen MR) is 101 cm³/mol. The lowest BCUT2D eigenvalue weighted by atomic mass is 10.1. The summed E-state index contributed by atoms with van der Waals surface area (Å²) in [6, 6.07) is 7.53. The smallest absolute Gasteiger partial charge is 0.222 e. The molecule has 3 aromatic heterocycles. The zero-order chi connectivity index (χ0) is 18.3. The third-order valence-corrected chi connectivity index (χ3v) is 5.02. The number of thiophene rings is 1. The Morgan fingerprint density at radius 1 is 1.23 bits per heavy atom. The largest absolute Gasteiger partial charge is 0.399 e. The van der Waals surface area contributed by atoms with Crippen LogP contribution in [0.4, 0.5) is 11.6 Å². The van der Waals surface area contributed by atoms with E-state index >= 15 is 0 Å². The highest BCUT2D eigenvalue weighted by Gasteiger charge is 2.18. The van der Waals surface area contributed by atoms with E-state index in [4.69, 9.17) is 11.5 Å². The number of nitrogen functional groups attached to an aromatic ring is 2. The highest BCUT2D eigenvalue weighted by Crippen LogP contribution is 2.32. The van der Waals surface area contributed by atoms with Crippen molar-refractivity contribution >= 4 is 40.4 Å². The van der Waals surface area contributed by atoms with Gasteiger partial charge < -0.3 is 11.5 Å². The van der Waals surface area contributed by atoms with E-state index in [-0.39, 0.29) is 5.95 Å². The molecule has 0 unspecified atom stereocenters. The van der Waals surface area contributed by atoms with Crippen molar-refractivity contribution in [1.29, 1.82) is 0 Å². The number of nitrogens with two attached hydrogens (primary N) is 2. The lowest BCUT2D eigenvalue weighted by Crippen LogP contribution is -2.05. The number of benzene rings is 1. The zero-order valence-corrected chi connectivity index (χ0v) is 14.7.